The molecule has 1 amide bonds. The summed E-state index contributed by atoms with van der Waals surface area (Å²) in [6, 6.07) is 16.0. The van der Waals surface area contributed by atoms with Gasteiger partial charge in [-0.05, 0) is 17.2 Å². The Kier molecular flexibility index (Phi) is 7.28. The number of rotatable bonds is 8. The third kappa shape index (κ3) is 5.35. The number of carbonyl (C=O) groups is 1. The van der Waals surface area contributed by atoms with Crippen LogP contribution in [0.15, 0.2) is 54.6 Å². The van der Waals surface area contributed by atoms with Gasteiger partial charge in [0, 0.05) is 24.1 Å². The van der Waals surface area contributed by atoms with Crippen molar-refractivity contribution in [1.29, 1.82) is 0 Å². The highest BCUT2D eigenvalue weighted by molar-refractivity contribution is 7.98. The summed E-state index contributed by atoms with van der Waals surface area (Å²) >= 11 is 1.59. The molecule has 2 unspecified atom stereocenters. The van der Waals surface area contributed by atoms with E-state index in [9.17, 15) is 9.18 Å². The number of benzene rings is 2. The number of nitrogens with one attached hydrogen (secondary N) is 1. The standard InChI is InChI=1S/C19H23FN2OS/c1-14(18(21)15-7-3-2-4-8-15)19(23)22-11-12-24-13-16-9-5-6-10-17(16)20/h2-10,14,18H,11-13,21H2,1H3,(H,22,23). The van der Waals surface area contributed by atoms with Crippen molar-refractivity contribution in [3.8, 4) is 0 Å². The predicted molar refractivity (Wildman–Crippen MR) is 98.1 cm³/mol. The van der Waals surface area contributed by atoms with Crippen molar-refractivity contribution in [2.75, 3.05) is 12.3 Å². The van der Waals surface area contributed by atoms with Crippen LogP contribution >= 0.6 is 11.8 Å². The number of hydrogen-bond donors (Lipinski definition) is 2. The molecule has 3 N–H and O–H groups in total. The quantitative estimate of drug-likeness (QED) is 0.719. The zero-order chi connectivity index (χ0) is 17.4. The van der Waals surface area contributed by atoms with E-state index in [1.807, 2.05) is 43.3 Å². The molecule has 24 heavy (non-hydrogen) atoms. The van der Waals surface area contributed by atoms with Crippen molar-refractivity contribution in [2.45, 2.75) is 18.7 Å². The average Bonchev–Trinajstić information content (AvgIpc) is 2.62. The summed E-state index contributed by atoms with van der Waals surface area (Å²) in [4.78, 5) is 12.2. The molecule has 3 nitrogen and oxygen atoms in total. The van der Waals surface area contributed by atoms with Crippen molar-refractivity contribution in [3.05, 3.63) is 71.5 Å². The maximum Gasteiger partial charge on any atom is 0.224 e. The van der Waals surface area contributed by atoms with Crippen LogP contribution in [0.2, 0.25) is 0 Å². The minimum Gasteiger partial charge on any atom is -0.355 e. The molecule has 0 bridgehead atoms. The van der Waals surface area contributed by atoms with Gasteiger partial charge in [-0.15, -0.1) is 0 Å². The van der Waals surface area contributed by atoms with Crippen molar-refractivity contribution in [3.63, 3.8) is 0 Å². The minimum absolute atomic E-state index is 0.0576. The second kappa shape index (κ2) is 9.45. The van der Waals surface area contributed by atoms with E-state index in [0.717, 1.165) is 11.3 Å². The fraction of sp³-hybridized carbons (Fsp3) is 0.316. The number of thioether (sulfide) groups is 1. The number of nitrogens with two attached hydrogens (primary N) is 1. The molecule has 0 saturated carbocycles. The van der Waals surface area contributed by atoms with E-state index in [-0.39, 0.29) is 23.7 Å². The Morgan fingerprint density at radius 1 is 1.17 bits per heavy atom. The Balaban J connectivity index is 1.70. The molecular formula is C19H23FN2OS. The maximum atomic E-state index is 13.5. The number of hydrogen-bond acceptors (Lipinski definition) is 3. The molecule has 2 aromatic rings. The zero-order valence-corrected chi connectivity index (χ0v) is 14.6. The van der Waals surface area contributed by atoms with Crippen LogP contribution in [0.5, 0.6) is 0 Å². The summed E-state index contributed by atoms with van der Waals surface area (Å²) in [6.45, 7) is 2.38. The van der Waals surface area contributed by atoms with Gasteiger partial charge in [-0.1, -0.05) is 55.5 Å². The first-order valence-electron chi connectivity index (χ1n) is 7.99. The zero-order valence-electron chi connectivity index (χ0n) is 13.7. The van der Waals surface area contributed by atoms with E-state index < -0.39 is 0 Å². The third-order valence-electron chi connectivity index (χ3n) is 3.90. The SMILES string of the molecule is CC(C(=O)NCCSCc1ccccc1F)C(N)c1ccccc1. The fourth-order valence-corrected chi connectivity index (χ4v) is 3.18. The first-order valence-corrected chi connectivity index (χ1v) is 9.14. The van der Waals surface area contributed by atoms with Gasteiger partial charge >= 0.3 is 0 Å². The van der Waals surface area contributed by atoms with Gasteiger partial charge in [0.15, 0.2) is 0 Å². The van der Waals surface area contributed by atoms with E-state index >= 15 is 0 Å². The summed E-state index contributed by atoms with van der Waals surface area (Å²) in [6.07, 6.45) is 0. The third-order valence-corrected chi connectivity index (χ3v) is 4.91. The molecule has 0 aliphatic carbocycles. The van der Waals surface area contributed by atoms with Crippen LogP contribution in [-0.4, -0.2) is 18.2 Å². The van der Waals surface area contributed by atoms with Crippen LogP contribution in [0.25, 0.3) is 0 Å². The van der Waals surface area contributed by atoms with Gasteiger partial charge in [-0.3, -0.25) is 4.79 Å². The smallest absolute Gasteiger partial charge is 0.224 e. The summed E-state index contributed by atoms with van der Waals surface area (Å²) < 4.78 is 13.5. The van der Waals surface area contributed by atoms with E-state index in [2.05, 4.69) is 5.32 Å². The first kappa shape index (κ1) is 18.5. The molecule has 0 saturated heterocycles. The topological polar surface area (TPSA) is 55.1 Å². The lowest BCUT2D eigenvalue weighted by atomic mass is 9.95. The maximum absolute atomic E-state index is 13.5. The van der Waals surface area contributed by atoms with E-state index in [0.29, 0.717) is 17.9 Å². The van der Waals surface area contributed by atoms with E-state index in [4.69, 9.17) is 5.73 Å². The highest BCUT2D eigenvalue weighted by atomic mass is 32.2. The van der Waals surface area contributed by atoms with Crippen LogP contribution < -0.4 is 11.1 Å². The molecule has 0 spiro atoms. The lowest BCUT2D eigenvalue weighted by Crippen LogP contribution is -2.36. The predicted octanol–water partition coefficient (Wildman–Crippen LogP) is 3.51. The Morgan fingerprint density at radius 2 is 1.83 bits per heavy atom. The van der Waals surface area contributed by atoms with Gasteiger partial charge in [0.25, 0.3) is 0 Å². The van der Waals surface area contributed by atoms with E-state index in [1.54, 1.807) is 23.9 Å². The molecule has 0 heterocycles. The number of carbonyl (C=O) groups excluding carboxylic acids is 1. The van der Waals surface area contributed by atoms with Crippen LogP contribution in [-0.2, 0) is 10.5 Å². The molecule has 2 rings (SSSR count). The van der Waals surface area contributed by atoms with Gasteiger partial charge in [0.2, 0.25) is 5.91 Å². The average molecular weight is 346 g/mol. The lowest BCUT2D eigenvalue weighted by molar-refractivity contribution is -0.125. The molecule has 0 radical (unpaired) electrons. The van der Waals surface area contributed by atoms with Gasteiger partial charge in [0.05, 0.1) is 5.92 Å². The molecule has 0 fully saturated rings. The Bertz CT molecular complexity index is 651. The van der Waals surface area contributed by atoms with E-state index in [1.165, 1.54) is 6.07 Å². The first-order chi connectivity index (χ1) is 11.6. The molecule has 2 atom stereocenters. The molecule has 0 aliphatic rings. The van der Waals surface area contributed by atoms with Crippen LogP contribution in [0, 0.1) is 11.7 Å². The summed E-state index contributed by atoms with van der Waals surface area (Å²) in [5, 5.41) is 2.90. The van der Waals surface area contributed by atoms with Gasteiger partial charge in [-0.25, -0.2) is 4.39 Å². The Labute approximate surface area is 146 Å². The van der Waals surface area contributed by atoms with Crippen molar-refractivity contribution < 1.29 is 9.18 Å². The molecule has 5 heteroatoms. The molecule has 128 valence electrons. The fourth-order valence-electron chi connectivity index (χ4n) is 2.33. The second-order valence-corrected chi connectivity index (χ2v) is 6.77. The van der Waals surface area contributed by atoms with Gasteiger partial charge in [-0.2, -0.15) is 11.8 Å². The summed E-state index contributed by atoms with van der Waals surface area (Å²) in [5.41, 5.74) is 7.80. The van der Waals surface area contributed by atoms with Crippen molar-refractivity contribution in [1.82, 2.24) is 5.32 Å². The molecule has 0 aromatic heterocycles. The molecular weight excluding hydrogens is 323 g/mol. The Hall–Kier alpha value is -1.85. The molecule has 0 aliphatic heterocycles. The van der Waals surface area contributed by atoms with Gasteiger partial charge < -0.3 is 11.1 Å². The highest BCUT2D eigenvalue weighted by Crippen LogP contribution is 2.19. The summed E-state index contributed by atoms with van der Waals surface area (Å²) in [5.74, 6) is 0.785. The Morgan fingerprint density at radius 3 is 2.54 bits per heavy atom. The van der Waals surface area contributed by atoms with Crippen LogP contribution in [0.4, 0.5) is 4.39 Å². The van der Waals surface area contributed by atoms with Crippen LogP contribution in [0.1, 0.15) is 24.1 Å². The summed E-state index contributed by atoms with van der Waals surface area (Å²) in [7, 11) is 0. The number of halogens is 1. The van der Waals surface area contributed by atoms with Gasteiger partial charge in [0.1, 0.15) is 5.82 Å². The number of amides is 1. The monoisotopic (exact) mass is 346 g/mol. The second-order valence-electron chi connectivity index (χ2n) is 5.66. The minimum atomic E-state index is -0.322. The van der Waals surface area contributed by atoms with Crippen molar-refractivity contribution in [2.24, 2.45) is 11.7 Å². The normalized spacial score (nSPS) is 13.3. The van der Waals surface area contributed by atoms with Crippen molar-refractivity contribution >= 4 is 17.7 Å². The lowest BCUT2D eigenvalue weighted by Gasteiger charge is -2.19. The highest BCUT2D eigenvalue weighted by Gasteiger charge is 2.21. The van der Waals surface area contributed by atoms with Crippen LogP contribution in [0.3, 0.4) is 0 Å². The molecule has 2 aromatic carbocycles. The largest absolute Gasteiger partial charge is 0.355 e.